The van der Waals surface area contributed by atoms with Gasteiger partial charge in [0.25, 0.3) is 0 Å². The van der Waals surface area contributed by atoms with Crippen molar-refractivity contribution in [2.75, 3.05) is 5.32 Å². The summed E-state index contributed by atoms with van der Waals surface area (Å²) in [6.07, 6.45) is 3.48. The van der Waals surface area contributed by atoms with Gasteiger partial charge in [0.2, 0.25) is 17.7 Å². The fraction of sp³-hybridized carbons (Fsp3) is 0.278. The second-order valence-electron chi connectivity index (χ2n) is 5.82. The van der Waals surface area contributed by atoms with E-state index in [4.69, 9.17) is 5.73 Å². The van der Waals surface area contributed by atoms with Gasteiger partial charge < -0.3 is 16.4 Å². The summed E-state index contributed by atoms with van der Waals surface area (Å²) in [5.74, 6) is -1.70. The van der Waals surface area contributed by atoms with Crippen LogP contribution in [0.25, 0.3) is 0 Å². The van der Waals surface area contributed by atoms with Crippen LogP contribution in [0, 0.1) is 12.3 Å². The van der Waals surface area contributed by atoms with Crippen molar-refractivity contribution >= 4 is 34.2 Å². The first-order valence-corrected chi connectivity index (χ1v) is 9.01. The fourth-order valence-electron chi connectivity index (χ4n) is 2.17. The van der Waals surface area contributed by atoms with Gasteiger partial charge in [-0.1, -0.05) is 37.3 Å². The normalized spacial score (nSPS) is 12.8. The smallest absolute Gasteiger partial charge is 0.249 e. The lowest BCUT2D eigenvalue weighted by Crippen LogP contribution is -2.45. The number of aromatic nitrogens is 1. The third-order valence-electron chi connectivity index (χ3n) is 3.72. The Bertz CT molecular complexity index is 734. The average molecular weight is 373 g/mol. The second kappa shape index (κ2) is 9.67. The van der Waals surface area contributed by atoms with Crippen molar-refractivity contribution in [1.29, 1.82) is 0 Å². The molecule has 7 nitrogen and oxygen atoms in total. The number of rotatable bonds is 9. The Morgan fingerprint density at radius 3 is 2.62 bits per heavy atom. The van der Waals surface area contributed by atoms with E-state index in [1.54, 1.807) is 18.5 Å². The number of primary amides is 1. The van der Waals surface area contributed by atoms with Crippen molar-refractivity contribution in [1.82, 2.24) is 10.3 Å². The molecule has 2 aromatic rings. The van der Waals surface area contributed by atoms with Crippen molar-refractivity contribution in [3.63, 3.8) is 0 Å². The lowest BCUT2D eigenvalue weighted by molar-refractivity contribution is -0.125. The van der Waals surface area contributed by atoms with Gasteiger partial charge in [-0.2, -0.15) is 0 Å². The van der Waals surface area contributed by atoms with Gasteiger partial charge in [0.15, 0.2) is 5.13 Å². The van der Waals surface area contributed by atoms with Crippen LogP contribution < -0.4 is 16.4 Å². The Kier molecular flexibility index (Phi) is 7.28. The van der Waals surface area contributed by atoms with E-state index >= 15 is 0 Å². The molecule has 1 radical (unpaired) electrons. The molecular formula is C18H21N4O3S. The van der Waals surface area contributed by atoms with Crippen molar-refractivity contribution in [3.05, 3.63) is 53.9 Å². The Balaban J connectivity index is 2.00. The molecule has 26 heavy (non-hydrogen) atoms. The number of anilines is 1. The van der Waals surface area contributed by atoms with Crippen LogP contribution in [0.3, 0.4) is 0 Å². The van der Waals surface area contributed by atoms with Gasteiger partial charge in [-0.15, -0.1) is 11.3 Å². The lowest BCUT2D eigenvalue weighted by Gasteiger charge is -2.18. The largest absolute Gasteiger partial charge is 0.369 e. The van der Waals surface area contributed by atoms with Crippen LogP contribution in [0.15, 0.2) is 41.9 Å². The highest BCUT2D eigenvalue weighted by atomic mass is 32.1. The van der Waals surface area contributed by atoms with Crippen LogP contribution >= 0.6 is 11.3 Å². The Morgan fingerprint density at radius 2 is 2.00 bits per heavy atom. The molecule has 0 saturated heterocycles. The molecule has 3 amide bonds. The summed E-state index contributed by atoms with van der Waals surface area (Å²) in [6, 6.07) is 8.62. The van der Waals surface area contributed by atoms with Crippen LogP contribution in [0.2, 0.25) is 0 Å². The first-order valence-electron chi connectivity index (χ1n) is 8.13. The van der Waals surface area contributed by atoms with E-state index in [0.29, 0.717) is 11.6 Å². The minimum absolute atomic E-state index is 0.216. The average Bonchev–Trinajstić information content (AvgIpc) is 3.12. The molecule has 0 aliphatic heterocycles. The maximum Gasteiger partial charge on any atom is 0.249 e. The minimum atomic E-state index is -0.770. The zero-order valence-corrected chi connectivity index (χ0v) is 15.2. The molecule has 8 heteroatoms. The molecular weight excluding hydrogens is 352 g/mol. The molecule has 1 unspecified atom stereocenters. The molecule has 0 aliphatic rings. The zero-order valence-electron chi connectivity index (χ0n) is 14.3. The Hall–Kier alpha value is -2.74. The van der Waals surface area contributed by atoms with E-state index in [-0.39, 0.29) is 12.3 Å². The topological polar surface area (TPSA) is 114 Å². The molecule has 2 atom stereocenters. The highest BCUT2D eigenvalue weighted by Crippen LogP contribution is 2.12. The first-order chi connectivity index (χ1) is 12.5. The number of amides is 3. The highest BCUT2D eigenvalue weighted by Gasteiger charge is 2.22. The summed E-state index contributed by atoms with van der Waals surface area (Å²) < 4.78 is 0. The Labute approximate surface area is 156 Å². The summed E-state index contributed by atoms with van der Waals surface area (Å²) in [4.78, 5) is 39.8. The molecule has 1 aromatic heterocycles. The van der Waals surface area contributed by atoms with E-state index in [9.17, 15) is 14.4 Å². The maximum atomic E-state index is 12.5. The van der Waals surface area contributed by atoms with Crippen molar-refractivity contribution < 1.29 is 14.4 Å². The van der Waals surface area contributed by atoms with Crippen LogP contribution in [-0.4, -0.2) is 28.7 Å². The van der Waals surface area contributed by atoms with Crippen molar-refractivity contribution in [3.8, 4) is 0 Å². The SMILES string of the molecule is CC(C[CH]C(=O)N[C@@H](Cc1ccccc1)C(=O)Nc1nccs1)C(N)=O. The Morgan fingerprint density at radius 1 is 1.27 bits per heavy atom. The summed E-state index contributed by atoms with van der Waals surface area (Å²) in [5.41, 5.74) is 6.10. The summed E-state index contributed by atoms with van der Waals surface area (Å²) in [5, 5.41) is 7.60. The highest BCUT2D eigenvalue weighted by molar-refractivity contribution is 7.13. The fourth-order valence-corrected chi connectivity index (χ4v) is 2.70. The molecule has 137 valence electrons. The summed E-state index contributed by atoms with van der Waals surface area (Å²) >= 11 is 1.30. The number of hydrogen-bond donors (Lipinski definition) is 3. The maximum absolute atomic E-state index is 12.5. The molecule has 0 aliphatic carbocycles. The molecule has 0 saturated carbocycles. The number of carbonyl (C=O) groups excluding carboxylic acids is 3. The number of carbonyl (C=O) groups is 3. The molecule has 0 fully saturated rings. The van der Waals surface area contributed by atoms with Gasteiger partial charge in [-0.05, 0) is 12.0 Å². The number of nitrogens with two attached hydrogens (primary N) is 1. The number of nitrogens with one attached hydrogen (secondary N) is 2. The molecule has 2 rings (SSSR count). The molecule has 4 N–H and O–H groups in total. The number of hydrogen-bond acceptors (Lipinski definition) is 5. The van der Waals surface area contributed by atoms with Crippen molar-refractivity contribution in [2.45, 2.75) is 25.8 Å². The van der Waals surface area contributed by atoms with Gasteiger partial charge in [0.05, 0.1) is 6.42 Å². The second-order valence-corrected chi connectivity index (χ2v) is 6.72. The number of thiazole rings is 1. The number of benzene rings is 1. The summed E-state index contributed by atoms with van der Waals surface area (Å²) in [7, 11) is 0. The molecule has 1 heterocycles. The van der Waals surface area contributed by atoms with Crippen LogP contribution in [0.1, 0.15) is 18.9 Å². The predicted molar refractivity (Wildman–Crippen MR) is 100 cm³/mol. The van der Waals surface area contributed by atoms with Crippen LogP contribution in [0.5, 0.6) is 0 Å². The van der Waals surface area contributed by atoms with Crippen molar-refractivity contribution in [2.24, 2.45) is 11.7 Å². The zero-order chi connectivity index (χ0) is 18.9. The summed E-state index contributed by atoms with van der Waals surface area (Å²) in [6.45, 7) is 1.64. The minimum Gasteiger partial charge on any atom is -0.369 e. The molecule has 0 spiro atoms. The number of nitrogens with zero attached hydrogens (tertiary/aromatic N) is 1. The van der Waals surface area contributed by atoms with Gasteiger partial charge in [0, 0.05) is 23.9 Å². The lowest BCUT2D eigenvalue weighted by atomic mass is 10.0. The first kappa shape index (κ1) is 19.6. The van der Waals surface area contributed by atoms with E-state index in [2.05, 4.69) is 15.6 Å². The van der Waals surface area contributed by atoms with E-state index in [0.717, 1.165) is 5.56 Å². The van der Waals surface area contributed by atoms with Crippen LogP contribution in [0.4, 0.5) is 5.13 Å². The molecule has 1 aromatic carbocycles. The standard InChI is InChI=1S/C18H21N4O3S/c1-12(16(19)24)7-8-15(23)21-14(11-13-5-3-2-4-6-13)17(25)22-18-20-9-10-26-18/h2-6,8-10,12,14H,7,11H2,1H3,(H2,19,24)(H,21,23)(H,20,22,25)/t12?,14-/m0/s1. The quantitative estimate of drug-likeness (QED) is 0.618. The van der Waals surface area contributed by atoms with E-state index in [1.165, 1.54) is 17.8 Å². The van der Waals surface area contributed by atoms with Gasteiger partial charge in [-0.3, -0.25) is 14.4 Å². The van der Waals surface area contributed by atoms with E-state index in [1.807, 2.05) is 30.3 Å². The monoisotopic (exact) mass is 373 g/mol. The predicted octanol–water partition coefficient (Wildman–Crippen LogP) is 1.52. The third-order valence-corrected chi connectivity index (χ3v) is 4.41. The molecule has 0 bridgehead atoms. The van der Waals surface area contributed by atoms with E-state index < -0.39 is 23.8 Å². The van der Waals surface area contributed by atoms with Crippen LogP contribution in [-0.2, 0) is 20.8 Å². The van der Waals surface area contributed by atoms with Gasteiger partial charge in [0.1, 0.15) is 6.04 Å². The van der Waals surface area contributed by atoms with Gasteiger partial charge in [-0.25, -0.2) is 4.98 Å². The van der Waals surface area contributed by atoms with Gasteiger partial charge >= 0.3 is 0 Å². The third kappa shape index (κ3) is 6.29.